The number of ether oxygens (including phenoxy) is 1. The molecule has 3 amide bonds. The summed E-state index contributed by atoms with van der Waals surface area (Å²) in [6.07, 6.45) is 1.57. The third-order valence-corrected chi connectivity index (χ3v) is 6.77. The van der Waals surface area contributed by atoms with E-state index in [1.54, 1.807) is 54.6 Å². The van der Waals surface area contributed by atoms with Crippen molar-refractivity contribution in [3.63, 3.8) is 0 Å². The molecule has 0 bridgehead atoms. The number of imide groups is 1. The second-order valence-electron chi connectivity index (χ2n) is 8.09. The summed E-state index contributed by atoms with van der Waals surface area (Å²) in [5.41, 5.74) is 2.83. The van der Waals surface area contributed by atoms with Crippen LogP contribution in [0.25, 0.3) is 6.08 Å². The lowest BCUT2D eigenvalue weighted by atomic mass is 10.2. The molecule has 0 atom stereocenters. The number of aryl methyl sites for hydroxylation is 1. The number of carbonyl (C=O) groups is 3. The molecule has 9 nitrogen and oxygen atoms in total. The number of amides is 3. The SMILES string of the molecule is Cc1cccc(NC(=O)CN2C(=O)S/C(=C\c3ccc(OCc4cccc([N+](=O)[O-])c4)c(Br)c3)C2=O)c1. The maximum absolute atomic E-state index is 12.8. The molecule has 37 heavy (non-hydrogen) atoms. The third kappa shape index (κ3) is 6.63. The average Bonchev–Trinajstić information content (AvgIpc) is 3.11. The van der Waals surface area contributed by atoms with Gasteiger partial charge in [-0.1, -0.05) is 30.3 Å². The Kier molecular flexibility index (Phi) is 8.04. The maximum Gasteiger partial charge on any atom is 0.294 e. The molecule has 11 heteroatoms. The van der Waals surface area contributed by atoms with Gasteiger partial charge < -0.3 is 10.1 Å². The van der Waals surface area contributed by atoms with Crippen molar-refractivity contribution < 1.29 is 24.0 Å². The number of carbonyl (C=O) groups excluding carboxylic acids is 3. The first-order valence-electron chi connectivity index (χ1n) is 11.0. The summed E-state index contributed by atoms with van der Waals surface area (Å²) >= 11 is 4.20. The highest BCUT2D eigenvalue weighted by molar-refractivity contribution is 9.10. The van der Waals surface area contributed by atoms with Crippen LogP contribution in [0.4, 0.5) is 16.2 Å². The van der Waals surface area contributed by atoms with Gasteiger partial charge in [-0.15, -0.1) is 0 Å². The minimum Gasteiger partial charge on any atom is -0.488 e. The van der Waals surface area contributed by atoms with Crippen LogP contribution in [0.3, 0.4) is 0 Å². The Morgan fingerprint density at radius 2 is 1.92 bits per heavy atom. The van der Waals surface area contributed by atoms with E-state index in [2.05, 4.69) is 21.2 Å². The zero-order chi connectivity index (χ0) is 26.5. The van der Waals surface area contributed by atoms with Gasteiger partial charge in [-0.2, -0.15) is 0 Å². The van der Waals surface area contributed by atoms with Gasteiger partial charge in [0.15, 0.2) is 0 Å². The van der Waals surface area contributed by atoms with Crippen molar-refractivity contribution in [3.8, 4) is 5.75 Å². The zero-order valence-electron chi connectivity index (χ0n) is 19.5. The number of non-ortho nitro benzene ring substituents is 1. The molecule has 0 aromatic heterocycles. The molecule has 1 N–H and O–H groups in total. The summed E-state index contributed by atoms with van der Waals surface area (Å²) in [6, 6.07) is 18.5. The topological polar surface area (TPSA) is 119 Å². The predicted molar refractivity (Wildman–Crippen MR) is 144 cm³/mol. The first-order valence-corrected chi connectivity index (χ1v) is 12.6. The molecule has 0 aliphatic carbocycles. The van der Waals surface area contributed by atoms with E-state index in [4.69, 9.17) is 4.74 Å². The van der Waals surface area contributed by atoms with Crippen LogP contribution in [0.1, 0.15) is 16.7 Å². The standard InChI is InChI=1S/C26H20BrN3O6S/c1-16-4-2-6-19(10-16)28-24(31)14-29-25(32)23(37-26(29)33)13-17-8-9-22(21(27)12-17)36-15-18-5-3-7-20(11-18)30(34)35/h2-13H,14-15H2,1H3,(H,28,31)/b23-13-. The Hall–Kier alpha value is -3.96. The van der Waals surface area contributed by atoms with Crippen LogP contribution in [0.15, 0.2) is 76.1 Å². The van der Waals surface area contributed by atoms with Gasteiger partial charge in [-0.3, -0.25) is 29.4 Å². The summed E-state index contributed by atoms with van der Waals surface area (Å²) in [5.74, 6) is -0.511. The van der Waals surface area contributed by atoms with E-state index in [-0.39, 0.29) is 23.7 Å². The lowest BCUT2D eigenvalue weighted by molar-refractivity contribution is -0.384. The number of halogens is 1. The van der Waals surface area contributed by atoms with Crippen molar-refractivity contribution >= 4 is 62.2 Å². The Bertz CT molecular complexity index is 1440. The fourth-order valence-electron chi connectivity index (χ4n) is 3.50. The van der Waals surface area contributed by atoms with Crippen LogP contribution in [-0.2, 0) is 16.2 Å². The van der Waals surface area contributed by atoms with E-state index >= 15 is 0 Å². The van der Waals surface area contributed by atoms with Crippen molar-refractivity contribution in [1.82, 2.24) is 4.90 Å². The molecule has 1 saturated heterocycles. The van der Waals surface area contributed by atoms with Crippen LogP contribution >= 0.6 is 27.7 Å². The molecular weight excluding hydrogens is 562 g/mol. The van der Waals surface area contributed by atoms with E-state index in [1.165, 1.54) is 12.1 Å². The summed E-state index contributed by atoms with van der Waals surface area (Å²) in [7, 11) is 0. The van der Waals surface area contributed by atoms with Gasteiger partial charge in [0, 0.05) is 17.8 Å². The second kappa shape index (κ2) is 11.4. The summed E-state index contributed by atoms with van der Waals surface area (Å²) < 4.78 is 6.37. The highest BCUT2D eigenvalue weighted by Crippen LogP contribution is 2.34. The van der Waals surface area contributed by atoms with Crippen molar-refractivity contribution in [2.75, 3.05) is 11.9 Å². The van der Waals surface area contributed by atoms with E-state index in [1.807, 2.05) is 13.0 Å². The number of nitro groups is 1. The fraction of sp³-hybridized carbons (Fsp3) is 0.115. The Morgan fingerprint density at radius 3 is 2.65 bits per heavy atom. The van der Waals surface area contributed by atoms with Crippen molar-refractivity contribution in [3.05, 3.63) is 103 Å². The van der Waals surface area contributed by atoms with Crippen LogP contribution in [0.2, 0.25) is 0 Å². The van der Waals surface area contributed by atoms with Crippen LogP contribution in [0, 0.1) is 17.0 Å². The van der Waals surface area contributed by atoms with E-state index < -0.39 is 22.0 Å². The van der Waals surface area contributed by atoms with Crippen molar-refractivity contribution in [1.29, 1.82) is 0 Å². The number of thioether (sulfide) groups is 1. The van der Waals surface area contributed by atoms with Crippen LogP contribution < -0.4 is 10.1 Å². The van der Waals surface area contributed by atoms with Gasteiger partial charge in [-0.05, 0) is 81.6 Å². The third-order valence-electron chi connectivity index (χ3n) is 5.25. The minimum atomic E-state index is -0.545. The number of nitro benzene ring substituents is 1. The zero-order valence-corrected chi connectivity index (χ0v) is 21.9. The number of benzene rings is 3. The Morgan fingerprint density at radius 1 is 1.14 bits per heavy atom. The number of nitrogens with zero attached hydrogens (tertiary/aromatic N) is 2. The van der Waals surface area contributed by atoms with Gasteiger partial charge in [0.25, 0.3) is 16.8 Å². The molecular formula is C26H20BrN3O6S. The molecule has 1 aliphatic heterocycles. The molecule has 1 heterocycles. The molecule has 3 aromatic rings. The smallest absolute Gasteiger partial charge is 0.294 e. The van der Waals surface area contributed by atoms with Crippen molar-refractivity contribution in [2.45, 2.75) is 13.5 Å². The summed E-state index contributed by atoms with van der Waals surface area (Å²) in [6.45, 7) is 1.64. The normalized spacial score (nSPS) is 14.2. The molecule has 1 fully saturated rings. The molecule has 0 radical (unpaired) electrons. The van der Waals surface area contributed by atoms with Gasteiger partial charge in [-0.25, -0.2) is 0 Å². The summed E-state index contributed by atoms with van der Waals surface area (Å²) in [4.78, 5) is 49.2. The molecule has 0 saturated carbocycles. The fourth-order valence-corrected chi connectivity index (χ4v) is 4.85. The molecule has 0 spiro atoms. The number of anilines is 1. The summed E-state index contributed by atoms with van der Waals surface area (Å²) in [5, 5.41) is 13.1. The Labute approximate surface area is 224 Å². The molecule has 3 aromatic carbocycles. The van der Waals surface area contributed by atoms with Gasteiger partial charge in [0.05, 0.1) is 14.3 Å². The number of rotatable bonds is 8. The molecule has 4 rings (SSSR count). The van der Waals surface area contributed by atoms with Crippen LogP contribution in [0.5, 0.6) is 5.75 Å². The monoisotopic (exact) mass is 581 g/mol. The lowest BCUT2D eigenvalue weighted by Gasteiger charge is -2.12. The second-order valence-corrected chi connectivity index (χ2v) is 9.94. The lowest BCUT2D eigenvalue weighted by Crippen LogP contribution is -2.36. The average molecular weight is 582 g/mol. The van der Waals surface area contributed by atoms with E-state index in [9.17, 15) is 24.5 Å². The Balaban J connectivity index is 1.39. The molecule has 0 unspecified atom stereocenters. The first-order chi connectivity index (χ1) is 17.7. The quantitative estimate of drug-likeness (QED) is 0.199. The largest absolute Gasteiger partial charge is 0.488 e. The number of hydrogen-bond donors (Lipinski definition) is 1. The molecule has 1 aliphatic rings. The van der Waals surface area contributed by atoms with E-state index in [0.29, 0.717) is 27.0 Å². The number of hydrogen-bond acceptors (Lipinski definition) is 7. The highest BCUT2D eigenvalue weighted by Gasteiger charge is 2.36. The van der Waals surface area contributed by atoms with Gasteiger partial charge in [0.1, 0.15) is 18.9 Å². The van der Waals surface area contributed by atoms with E-state index in [0.717, 1.165) is 22.2 Å². The highest BCUT2D eigenvalue weighted by atomic mass is 79.9. The van der Waals surface area contributed by atoms with Gasteiger partial charge >= 0.3 is 0 Å². The maximum atomic E-state index is 12.8. The number of nitrogens with one attached hydrogen (secondary N) is 1. The van der Waals surface area contributed by atoms with Crippen LogP contribution in [-0.4, -0.2) is 33.4 Å². The van der Waals surface area contributed by atoms with Crippen molar-refractivity contribution in [2.24, 2.45) is 0 Å². The minimum absolute atomic E-state index is 0.0166. The first kappa shape index (κ1) is 26.1. The predicted octanol–water partition coefficient (Wildman–Crippen LogP) is 5.92. The molecule has 188 valence electrons. The van der Waals surface area contributed by atoms with Gasteiger partial charge in [0.2, 0.25) is 5.91 Å².